The number of nitrogens with one attached hydrogen (secondary N) is 1. The first-order valence-electron chi connectivity index (χ1n) is 7.54. The Hall–Kier alpha value is -0.950. The lowest BCUT2D eigenvalue weighted by Gasteiger charge is -2.47. The van der Waals surface area contributed by atoms with Crippen LogP contribution >= 0.6 is 0 Å². The summed E-state index contributed by atoms with van der Waals surface area (Å²) in [6, 6.07) is 0.0723. The normalized spacial score (nSPS) is 24.9. The van der Waals surface area contributed by atoms with Crippen LogP contribution in [0.25, 0.3) is 0 Å². The van der Waals surface area contributed by atoms with Gasteiger partial charge in [0.25, 0.3) is 0 Å². The Labute approximate surface area is 120 Å². The van der Waals surface area contributed by atoms with Crippen LogP contribution in [0.1, 0.15) is 37.5 Å². The molecule has 3 rings (SSSR count). The zero-order valence-corrected chi connectivity index (χ0v) is 12.2. The summed E-state index contributed by atoms with van der Waals surface area (Å²) in [5.41, 5.74) is 3.14. The summed E-state index contributed by atoms with van der Waals surface area (Å²) in [5, 5.41) is 0. The molecule has 1 aliphatic carbocycles. The Kier molecular flexibility index (Phi) is 4.07. The van der Waals surface area contributed by atoms with Gasteiger partial charge in [0.1, 0.15) is 5.82 Å². The summed E-state index contributed by atoms with van der Waals surface area (Å²) in [6.07, 6.45) is 8.71. The standard InChI is InChI=1S/C14H25N5O/c1-18-7-6-16-13(18)12(17-15)14(4-2-3-5-14)19-8-10-20-11-9-19/h6-7,12,17H,2-5,8-11,15H2,1H3. The zero-order valence-electron chi connectivity index (χ0n) is 12.2. The predicted molar refractivity (Wildman–Crippen MR) is 76.9 cm³/mol. The molecule has 1 aliphatic heterocycles. The molecule has 1 saturated carbocycles. The van der Waals surface area contributed by atoms with E-state index in [-0.39, 0.29) is 11.6 Å². The molecule has 20 heavy (non-hydrogen) atoms. The number of hydrazine groups is 1. The number of rotatable bonds is 4. The Morgan fingerprint density at radius 3 is 2.60 bits per heavy atom. The molecule has 0 bridgehead atoms. The second kappa shape index (κ2) is 5.81. The summed E-state index contributed by atoms with van der Waals surface area (Å²) in [6.45, 7) is 3.62. The number of ether oxygens (including phenoxy) is 1. The molecule has 1 atom stereocenters. The van der Waals surface area contributed by atoms with Crippen molar-refractivity contribution in [1.29, 1.82) is 0 Å². The quantitative estimate of drug-likeness (QED) is 0.623. The van der Waals surface area contributed by atoms with Crippen molar-refractivity contribution in [2.24, 2.45) is 12.9 Å². The molecule has 0 spiro atoms. The van der Waals surface area contributed by atoms with Crippen molar-refractivity contribution in [2.75, 3.05) is 26.3 Å². The minimum Gasteiger partial charge on any atom is -0.379 e. The summed E-state index contributed by atoms with van der Waals surface area (Å²) >= 11 is 0. The van der Waals surface area contributed by atoms with Crippen LogP contribution in [0.15, 0.2) is 12.4 Å². The molecule has 6 heteroatoms. The fourth-order valence-electron chi connectivity index (χ4n) is 3.91. The minimum absolute atomic E-state index is 0.0723. The molecule has 1 unspecified atom stereocenters. The van der Waals surface area contributed by atoms with E-state index in [1.165, 1.54) is 25.7 Å². The van der Waals surface area contributed by atoms with E-state index in [1.54, 1.807) is 0 Å². The maximum absolute atomic E-state index is 5.94. The van der Waals surface area contributed by atoms with Gasteiger partial charge < -0.3 is 9.30 Å². The van der Waals surface area contributed by atoms with Gasteiger partial charge in [-0.3, -0.25) is 10.7 Å². The van der Waals surface area contributed by atoms with Crippen LogP contribution in [0, 0.1) is 0 Å². The maximum atomic E-state index is 5.94. The lowest BCUT2D eigenvalue weighted by molar-refractivity contribution is -0.0379. The van der Waals surface area contributed by atoms with Crippen molar-refractivity contribution >= 4 is 0 Å². The number of hydrogen-bond acceptors (Lipinski definition) is 5. The monoisotopic (exact) mass is 279 g/mol. The fraction of sp³-hybridized carbons (Fsp3) is 0.786. The van der Waals surface area contributed by atoms with Gasteiger partial charge in [0.05, 0.1) is 19.3 Å². The lowest BCUT2D eigenvalue weighted by atomic mass is 9.85. The van der Waals surface area contributed by atoms with E-state index in [0.717, 1.165) is 32.1 Å². The highest BCUT2D eigenvalue weighted by Gasteiger charge is 2.48. The molecule has 1 saturated heterocycles. The SMILES string of the molecule is Cn1ccnc1C(NN)C1(N2CCOCC2)CCCC1. The lowest BCUT2D eigenvalue weighted by Crippen LogP contribution is -2.59. The second-order valence-corrected chi connectivity index (χ2v) is 5.91. The first-order valence-corrected chi connectivity index (χ1v) is 7.54. The Balaban J connectivity index is 1.93. The highest BCUT2D eigenvalue weighted by molar-refractivity contribution is 5.13. The van der Waals surface area contributed by atoms with Crippen LogP contribution in [0.4, 0.5) is 0 Å². The van der Waals surface area contributed by atoms with Crippen molar-refractivity contribution in [3.8, 4) is 0 Å². The molecule has 3 N–H and O–H groups in total. The first-order chi connectivity index (χ1) is 9.78. The van der Waals surface area contributed by atoms with Crippen molar-refractivity contribution in [3.05, 3.63) is 18.2 Å². The molecule has 0 radical (unpaired) electrons. The number of nitrogens with zero attached hydrogens (tertiary/aromatic N) is 3. The van der Waals surface area contributed by atoms with Gasteiger partial charge in [0.2, 0.25) is 0 Å². The van der Waals surface area contributed by atoms with Crippen LogP contribution in [0.2, 0.25) is 0 Å². The number of nitrogens with two attached hydrogens (primary N) is 1. The average molecular weight is 279 g/mol. The third-order valence-electron chi connectivity index (χ3n) is 4.93. The van der Waals surface area contributed by atoms with E-state index >= 15 is 0 Å². The third kappa shape index (κ3) is 2.26. The Morgan fingerprint density at radius 2 is 2.05 bits per heavy atom. The van der Waals surface area contributed by atoms with E-state index in [9.17, 15) is 0 Å². The summed E-state index contributed by atoms with van der Waals surface area (Å²) in [5.74, 6) is 6.97. The molecule has 0 amide bonds. The molecular weight excluding hydrogens is 254 g/mol. The minimum atomic E-state index is 0.0723. The summed E-state index contributed by atoms with van der Waals surface area (Å²) < 4.78 is 7.59. The molecule has 6 nitrogen and oxygen atoms in total. The van der Waals surface area contributed by atoms with E-state index in [1.807, 2.05) is 19.4 Å². The predicted octanol–water partition coefficient (Wildman–Crippen LogP) is 0.570. The van der Waals surface area contributed by atoms with Crippen molar-refractivity contribution in [1.82, 2.24) is 19.9 Å². The fourth-order valence-corrected chi connectivity index (χ4v) is 3.91. The number of aryl methyl sites for hydroxylation is 1. The maximum Gasteiger partial charge on any atom is 0.128 e. The summed E-state index contributed by atoms with van der Waals surface area (Å²) in [7, 11) is 2.04. The molecular formula is C14H25N5O. The highest BCUT2D eigenvalue weighted by atomic mass is 16.5. The van der Waals surface area contributed by atoms with Gasteiger partial charge in [-0.25, -0.2) is 10.4 Å². The molecule has 1 aromatic rings. The molecule has 112 valence electrons. The topological polar surface area (TPSA) is 68.3 Å². The Morgan fingerprint density at radius 1 is 1.35 bits per heavy atom. The van der Waals surface area contributed by atoms with Gasteiger partial charge >= 0.3 is 0 Å². The Bertz CT molecular complexity index is 435. The number of hydrogen-bond donors (Lipinski definition) is 2. The number of imidazole rings is 1. The highest BCUT2D eigenvalue weighted by Crippen LogP contribution is 2.44. The van der Waals surface area contributed by atoms with Crippen molar-refractivity contribution in [2.45, 2.75) is 37.3 Å². The largest absolute Gasteiger partial charge is 0.379 e. The van der Waals surface area contributed by atoms with E-state index in [4.69, 9.17) is 10.6 Å². The molecule has 2 heterocycles. The van der Waals surface area contributed by atoms with Gasteiger partial charge in [-0.2, -0.15) is 0 Å². The van der Waals surface area contributed by atoms with Crippen molar-refractivity contribution in [3.63, 3.8) is 0 Å². The molecule has 1 aromatic heterocycles. The summed E-state index contributed by atoms with van der Waals surface area (Å²) in [4.78, 5) is 7.11. The van der Waals surface area contributed by atoms with Crippen LogP contribution in [0.3, 0.4) is 0 Å². The molecule has 2 fully saturated rings. The van der Waals surface area contributed by atoms with Gasteiger partial charge in [0.15, 0.2) is 0 Å². The zero-order chi connectivity index (χ0) is 14.0. The van der Waals surface area contributed by atoms with Gasteiger partial charge in [-0.15, -0.1) is 0 Å². The van der Waals surface area contributed by atoms with Crippen LogP contribution in [0.5, 0.6) is 0 Å². The smallest absolute Gasteiger partial charge is 0.128 e. The van der Waals surface area contributed by atoms with Crippen LogP contribution in [-0.4, -0.2) is 46.3 Å². The van der Waals surface area contributed by atoms with Gasteiger partial charge in [0, 0.05) is 38.1 Å². The van der Waals surface area contributed by atoms with Crippen molar-refractivity contribution < 1.29 is 4.74 Å². The van der Waals surface area contributed by atoms with Gasteiger partial charge in [-0.1, -0.05) is 12.8 Å². The van der Waals surface area contributed by atoms with E-state index in [0.29, 0.717) is 0 Å². The molecule has 2 aliphatic rings. The van der Waals surface area contributed by atoms with E-state index in [2.05, 4.69) is 19.9 Å². The third-order valence-corrected chi connectivity index (χ3v) is 4.93. The van der Waals surface area contributed by atoms with Crippen LogP contribution < -0.4 is 11.3 Å². The second-order valence-electron chi connectivity index (χ2n) is 5.91. The average Bonchev–Trinajstić information content (AvgIpc) is 3.12. The first kappa shape index (κ1) is 14.0. The number of aromatic nitrogens is 2. The van der Waals surface area contributed by atoms with Gasteiger partial charge in [-0.05, 0) is 12.8 Å². The molecule has 0 aromatic carbocycles. The van der Waals surface area contributed by atoms with E-state index < -0.39 is 0 Å². The van der Waals surface area contributed by atoms with Crippen LogP contribution in [-0.2, 0) is 11.8 Å². The number of morpholine rings is 1.